The maximum absolute atomic E-state index is 12.3. The Bertz CT molecular complexity index is 421. The van der Waals surface area contributed by atoms with Crippen molar-refractivity contribution in [3.63, 3.8) is 0 Å². The van der Waals surface area contributed by atoms with Gasteiger partial charge in [0.2, 0.25) is 5.91 Å². The van der Waals surface area contributed by atoms with Gasteiger partial charge in [-0.3, -0.25) is 14.9 Å². The Morgan fingerprint density at radius 2 is 2.00 bits per heavy atom. The van der Waals surface area contributed by atoms with Crippen LogP contribution in [-0.4, -0.2) is 41.4 Å². The first-order valence-electron chi connectivity index (χ1n) is 6.78. The molecule has 19 heavy (non-hydrogen) atoms. The van der Waals surface area contributed by atoms with E-state index in [1.54, 1.807) is 4.90 Å². The molecule has 0 saturated carbocycles. The molecule has 0 bridgehead atoms. The Kier molecular flexibility index (Phi) is 3.52. The van der Waals surface area contributed by atoms with Crippen LogP contribution in [0.1, 0.15) is 33.6 Å². The second kappa shape index (κ2) is 4.83. The zero-order chi connectivity index (χ0) is 14.2. The Morgan fingerprint density at radius 1 is 1.32 bits per heavy atom. The maximum atomic E-state index is 12.3. The fourth-order valence-electron chi connectivity index (χ4n) is 2.63. The molecule has 0 aromatic heterocycles. The lowest BCUT2D eigenvalue weighted by atomic mass is 9.87. The molecule has 0 aromatic rings. The van der Waals surface area contributed by atoms with E-state index in [2.05, 4.69) is 10.6 Å². The van der Waals surface area contributed by atoms with Gasteiger partial charge in [0.1, 0.15) is 5.54 Å². The summed E-state index contributed by atoms with van der Waals surface area (Å²) in [5.74, 6) is -0.0667. The van der Waals surface area contributed by atoms with Crippen molar-refractivity contribution in [3.8, 4) is 0 Å². The summed E-state index contributed by atoms with van der Waals surface area (Å²) in [4.78, 5) is 37.3. The van der Waals surface area contributed by atoms with Crippen molar-refractivity contribution in [2.45, 2.75) is 39.2 Å². The van der Waals surface area contributed by atoms with Crippen LogP contribution in [0.15, 0.2) is 0 Å². The van der Waals surface area contributed by atoms with Gasteiger partial charge in [-0.05, 0) is 18.8 Å². The average Bonchev–Trinajstić information content (AvgIpc) is 2.62. The minimum atomic E-state index is -0.915. The smallest absolute Gasteiger partial charge is 0.322 e. The van der Waals surface area contributed by atoms with E-state index in [4.69, 9.17) is 0 Å². The van der Waals surface area contributed by atoms with Gasteiger partial charge >= 0.3 is 6.03 Å². The number of hydrogen-bond acceptors (Lipinski definition) is 3. The molecule has 106 valence electrons. The van der Waals surface area contributed by atoms with E-state index in [0.29, 0.717) is 13.0 Å². The monoisotopic (exact) mass is 267 g/mol. The molecule has 0 radical (unpaired) electrons. The van der Waals surface area contributed by atoms with Crippen LogP contribution in [-0.2, 0) is 9.59 Å². The first-order chi connectivity index (χ1) is 8.85. The molecule has 2 saturated heterocycles. The molecule has 6 nitrogen and oxygen atoms in total. The molecule has 1 spiro atoms. The summed E-state index contributed by atoms with van der Waals surface area (Å²) in [6.07, 6.45) is 1.31. The minimum absolute atomic E-state index is 0.0584. The first kappa shape index (κ1) is 13.8. The Morgan fingerprint density at radius 3 is 2.53 bits per heavy atom. The van der Waals surface area contributed by atoms with Crippen LogP contribution in [0, 0.1) is 11.8 Å². The van der Waals surface area contributed by atoms with E-state index in [0.717, 1.165) is 6.42 Å². The van der Waals surface area contributed by atoms with Crippen molar-refractivity contribution in [2.75, 3.05) is 13.1 Å². The van der Waals surface area contributed by atoms with E-state index in [1.165, 1.54) is 0 Å². The number of hydrogen-bond donors (Lipinski definition) is 2. The molecule has 2 aliphatic rings. The van der Waals surface area contributed by atoms with Gasteiger partial charge in [-0.15, -0.1) is 0 Å². The lowest BCUT2D eigenvalue weighted by Gasteiger charge is -2.39. The van der Waals surface area contributed by atoms with Gasteiger partial charge in [0, 0.05) is 12.5 Å². The molecule has 2 fully saturated rings. The predicted octanol–water partition coefficient (Wildman–Crippen LogP) is 0.479. The standard InChI is InChI=1S/C13H21N3O3/c1-8(2)9(3)10(17)16-6-4-5-13(7-16)11(18)14-12(19)15-13/h8-9H,4-7H2,1-3H3,(H2,14,15,18,19). The van der Waals surface area contributed by atoms with Crippen LogP contribution in [0.5, 0.6) is 0 Å². The van der Waals surface area contributed by atoms with Gasteiger partial charge in [-0.1, -0.05) is 20.8 Å². The van der Waals surface area contributed by atoms with Crippen LogP contribution in [0.25, 0.3) is 0 Å². The highest BCUT2D eigenvalue weighted by molar-refractivity contribution is 6.07. The Balaban J connectivity index is 2.11. The third-order valence-corrected chi connectivity index (χ3v) is 4.21. The van der Waals surface area contributed by atoms with Crippen LogP contribution in [0.3, 0.4) is 0 Å². The first-order valence-corrected chi connectivity index (χ1v) is 6.78. The number of urea groups is 1. The van der Waals surface area contributed by atoms with Gasteiger partial charge < -0.3 is 10.2 Å². The quantitative estimate of drug-likeness (QED) is 0.714. The third kappa shape index (κ3) is 2.43. The van der Waals surface area contributed by atoms with Crippen molar-refractivity contribution in [1.82, 2.24) is 15.5 Å². The summed E-state index contributed by atoms with van der Waals surface area (Å²) in [6.45, 7) is 6.85. The number of carbonyl (C=O) groups excluding carboxylic acids is 3. The normalized spacial score (nSPS) is 28.5. The molecule has 2 rings (SSSR count). The number of imide groups is 1. The zero-order valence-electron chi connectivity index (χ0n) is 11.7. The molecular weight excluding hydrogens is 246 g/mol. The van der Waals surface area contributed by atoms with Crippen LogP contribution in [0.2, 0.25) is 0 Å². The molecule has 2 unspecified atom stereocenters. The Labute approximate surface area is 112 Å². The summed E-state index contributed by atoms with van der Waals surface area (Å²) >= 11 is 0. The molecule has 0 aromatic carbocycles. The zero-order valence-corrected chi connectivity index (χ0v) is 11.7. The van der Waals surface area contributed by atoms with Crippen molar-refractivity contribution >= 4 is 17.8 Å². The van der Waals surface area contributed by atoms with E-state index >= 15 is 0 Å². The van der Waals surface area contributed by atoms with E-state index in [9.17, 15) is 14.4 Å². The number of likely N-dealkylation sites (tertiary alicyclic amines) is 1. The molecule has 0 aliphatic carbocycles. The number of amides is 4. The summed E-state index contributed by atoms with van der Waals surface area (Å²) in [6, 6.07) is -0.462. The molecule has 2 N–H and O–H groups in total. The summed E-state index contributed by atoms with van der Waals surface area (Å²) in [5, 5.41) is 4.94. The van der Waals surface area contributed by atoms with Gasteiger partial charge in [0.05, 0.1) is 6.54 Å². The Hall–Kier alpha value is -1.59. The van der Waals surface area contributed by atoms with Gasteiger partial charge in [-0.25, -0.2) is 4.79 Å². The molecule has 2 aliphatic heterocycles. The number of piperidine rings is 1. The summed E-state index contributed by atoms with van der Waals surface area (Å²) < 4.78 is 0. The number of nitrogens with one attached hydrogen (secondary N) is 2. The van der Waals surface area contributed by atoms with Gasteiger partial charge in [0.15, 0.2) is 0 Å². The second-order valence-corrected chi connectivity index (χ2v) is 5.89. The molecule has 2 heterocycles. The van der Waals surface area contributed by atoms with Crippen LogP contribution in [0.4, 0.5) is 4.79 Å². The van der Waals surface area contributed by atoms with E-state index < -0.39 is 11.6 Å². The van der Waals surface area contributed by atoms with Crippen LogP contribution >= 0.6 is 0 Å². The lowest BCUT2D eigenvalue weighted by Crippen LogP contribution is -2.60. The molecule has 6 heteroatoms. The van der Waals surface area contributed by atoms with E-state index in [-0.39, 0.29) is 30.2 Å². The SMILES string of the molecule is CC(C)C(C)C(=O)N1CCCC2(C1)NC(=O)NC2=O. The number of carbonyl (C=O) groups is 3. The molecular formula is C13H21N3O3. The van der Waals surface area contributed by atoms with Crippen molar-refractivity contribution < 1.29 is 14.4 Å². The van der Waals surface area contributed by atoms with Gasteiger partial charge in [0.25, 0.3) is 5.91 Å². The lowest BCUT2D eigenvalue weighted by molar-refractivity contribution is -0.140. The largest absolute Gasteiger partial charge is 0.340 e. The highest BCUT2D eigenvalue weighted by Crippen LogP contribution is 2.26. The van der Waals surface area contributed by atoms with Gasteiger partial charge in [-0.2, -0.15) is 0 Å². The summed E-state index contributed by atoms with van der Waals surface area (Å²) in [5.41, 5.74) is -0.915. The average molecular weight is 267 g/mol. The minimum Gasteiger partial charge on any atom is -0.340 e. The topological polar surface area (TPSA) is 78.5 Å². The van der Waals surface area contributed by atoms with Crippen molar-refractivity contribution in [3.05, 3.63) is 0 Å². The molecule has 4 amide bonds. The predicted molar refractivity (Wildman–Crippen MR) is 69.2 cm³/mol. The van der Waals surface area contributed by atoms with Crippen LogP contribution < -0.4 is 10.6 Å². The van der Waals surface area contributed by atoms with Crippen molar-refractivity contribution in [2.24, 2.45) is 11.8 Å². The van der Waals surface area contributed by atoms with E-state index in [1.807, 2.05) is 20.8 Å². The van der Waals surface area contributed by atoms with Crippen molar-refractivity contribution in [1.29, 1.82) is 0 Å². The highest BCUT2D eigenvalue weighted by Gasteiger charge is 2.49. The second-order valence-electron chi connectivity index (χ2n) is 5.89. The highest BCUT2D eigenvalue weighted by atomic mass is 16.2. The molecule has 2 atom stereocenters. The maximum Gasteiger partial charge on any atom is 0.322 e. The third-order valence-electron chi connectivity index (χ3n) is 4.21. The summed E-state index contributed by atoms with van der Waals surface area (Å²) in [7, 11) is 0. The fourth-order valence-corrected chi connectivity index (χ4v) is 2.63. The fraction of sp³-hybridized carbons (Fsp3) is 0.769. The number of nitrogens with zero attached hydrogens (tertiary/aromatic N) is 1. The number of rotatable bonds is 2.